The number of aromatic nitrogens is 1. The Labute approximate surface area is 183 Å². The molecule has 1 aromatic carbocycles. The molecule has 1 atom stereocenters. The molecule has 1 aliphatic rings. The van der Waals surface area contributed by atoms with Crippen LogP contribution < -0.4 is 5.32 Å². The zero-order valence-electron chi connectivity index (χ0n) is 16.6. The Morgan fingerprint density at radius 2 is 2.18 bits per heavy atom. The smallest absolute Gasteiger partial charge is 0.310 e. The first-order chi connectivity index (χ1) is 13.2. The molecule has 0 radical (unpaired) electrons. The van der Waals surface area contributed by atoms with Gasteiger partial charge in [0.25, 0.3) is 0 Å². The van der Waals surface area contributed by atoms with E-state index in [9.17, 15) is 4.79 Å². The van der Waals surface area contributed by atoms with Gasteiger partial charge in [-0.3, -0.25) is 14.8 Å². The summed E-state index contributed by atoms with van der Waals surface area (Å²) >= 11 is 0. The third-order valence-electron chi connectivity index (χ3n) is 4.95. The van der Waals surface area contributed by atoms with Crippen LogP contribution in [0.3, 0.4) is 0 Å². The third-order valence-corrected chi connectivity index (χ3v) is 4.95. The van der Waals surface area contributed by atoms with E-state index in [2.05, 4.69) is 44.5 Å². The lowest BCUT2D eigenvalue weighted by Crippen LogP contribution is -2.48. The molecule has 3 rings (SSSR count). The lowest BCUT2D eigenvalue weighted by molar-refractivity contribution is -0.149. The van der Waals surface area contributed by atoms with Gasteiger partial charge in [-0.25, -0.2) is 0 Å². The number of hydrogen-bond donors (Lipinski definition) is 1. The van der Waals surface area contributed by atoms with Gasteiger partial charge in [-0.1, -0.05) is 24.3 Å². The first-order valence-corrected chi connectivity index (χ1v) is 9.67. The predicted molar refractivity (Wildman–Crippen MR) is 123 cm³/mol. The first-order valence-electron chi connectivity index (χ1n) is 9.67. The Hall–Kier alpha value is -1.90. The number of halogens is 1. The van der Waals surface area contributed by atoms with Crippen LogP contribution in [0.4, 0.5) is 0 Å². The maximum absolute atomic E-state index is 12.1. The second kappa shape index (κ2) is 11.2. The quantitative estimate of drug-likeness (QED) is 0.298. The summed E-state index contributed by atoms with van der Waals surface area (Å²) in [6.07, 6.45) is 4.55. The van der Waals surface area contributed by atoms with E-state index in [0.717, 1.165) is 49.2 Å². The average molecular weight is 496 g/mol. The van der Waals surface area contributed by atoms with Crippen molar-refractivity contribution in [1.29, 1.82) is 0 Å². The highest BCUT2D eigenvalue weighted by atomic mass is 127. The lowest BCUT2D eigenvalue weighted by Gasteiger charge is -2.34. The van der Waals surface area contributed by atoms with E-state index in [1.54, 1.807) is 7.05 Å². The molecule has 7 heteroatoms. The highest BCUT2D eigenvalue weighted by molar-refractivity contribution is 14.0. The van der Waals surface area contributed by atoms with Gasteiger partial charge in [-0.2, -0.15) is 0 Å². The molecule has 1 N–H and O–H groups in total. The molecule has 1 unspecified atom stereocenters. The Kier molecular flexibility index (Phi) is 8.95. The van der Waals surface area contributed by atoms with Crippen LogP contribution in [0.5, 0.6) is 0 Å². The van der Waals surface area contributed by atoms with Gasteiger partial charge in [0, 0.05) is 38.3 Å². The Balaban J connectivity index is 0.00000280. The predicted octanol–water partition coefficient (Wildman–Crippen LogP) is 3.25. The topological polar surface area (TPSA) is 66.8 Å². The number of fused-ring (bicyclic) bond motifs is 1. The van der Waals surface area contributed by atoms with Crippen molar-refractivity contribution in [2.24, 2.45) is 10.9 Å². The summed E-state index contributed by atoms with van der Waals surface area (Å²) in [5, 5.41) is 4.60. The fourth-order valence-electron chi connectivity index (χ4n) is 3.63. The van der Waals surface area contributed by atoms with E-state index in [-0.39, 0.29) is 35.9 Å². The molecule has 1 saturated heterocycles. The average Bonchev–Trinajstić information content (AvgIpc) is 2.71. The summed E-state index contributed by atoms with van der Waals surface area (Å²) in [5.74, 6) is 0.677. The number of pyridine rings is 1. The van der Waals surface area contributed by atoms with E-state index in [1.807, 2.05) is 19.2 Å². The monoisotopic (exact) mass is 496 g/mol. The minimum atomic E-state index is -0.0977. The van der Waals surface area contributed by atoms with Crippen molar-refractivity contribution in [2.45, 2.75) is 26.2 Å². The molecule has 0 spiro atoms. The Bertz CT molecular complexity index is 807. The van der Waals surface area contributed by atoms with Gasteiger partial charge in [0.05, 0.1) is 18.0 Å². The lowest BCUT2D eigenvalue weighted by atomic mass is 9.98. The number of para-hydroxylation sites is 1. The van der Waals surface area contributed by atoms with E-state index >= 15 is 0 Å². The van der Waals surface area contributed by atoms with Crippen LogP contribution in [0, 0.1) is 5.92 Å². The number of nitrogens with zero attached hydrogens (tertiary/aromatic N) is 3. The first kappa shape index (κ1) is 22.4. The van der Waals surface area contributed by atoms with E-state index in [4.69, 9.17) is 4.74 Å². The SMILES string of the molecule is CCOC(=O)C1CCCN(C(=NC)NCCc2cccc3cccnc23)C1.I. The van der Waals surface area contributed by atoms with Crippen molar-refractivity contribution >= 4 is 46.8 Å². The number of esters is 1. The number of likely N-dealkylation sites (tertiary alicyclic amines) is 1. The van der Waals surface area contributed by atoms with Crippen LogP contribution in [0.2, 0.25) is 0 Å². The molecule has 6 nitrogen and oxygen atoms in total. The van der Waals surface area contributed by atoms with Gasteiger partial charge < -0.3 is 15.0 Å². The van der Waals surface area contributed by atoms with Crippen molar-refractivity contribution in [2.75, 3.05) is 33.3 Å². The van der Waals surface area contributed by atoms with E-state index < -0.39 is 0 Å². The number of piperidine rings is 1. The molecular weight excluding hydrogens is 467 g/mol. The minimum absolute atomic E-state index is 0. The zero-order valence-corrected chi connectivity index (χ0v) is 18.9. The van der Waals surface area contributed by atoms with E-state index in [1.165, 1.54) is 5.56 Å². The van der Waals surface area contributed by atoms with Gasteiger partial charge >= 0.3 is 5.97 Å². The molecular formula is C21H29IN4O2. The summed E-state index contributed by atoms with van der Waals surface area (Å²) < 4.78 is 5.19. The number of ether oxygens (including phenoxy) is 1. The summed E-state index contributed by atoms with van der Waals surface area (Å²) in [4.78, 5) is 23.1. The standard InChI is InChI=1S/C21H28N4O2.HI/c1-3-27-20(26)18-10-6-14-25(15-18)21(22-2)24-13-11-17-8-4-7-16-9-5-12-23-19(16)17;/h4-5,7-9,12,18H,3,6,10-11,13-15H2,1-2H3,(H,22,24);1H. The van der Waals surface area contributed by atoms with Crippen LogP contribution in [-0.4, -0.2) is 55.1 Å². The molecule has 0 saturated carbocycles. The molecule has 2 aromatic rings. The number of hydrogen-bond acceptors (Lipinski definition) is 4. The van der Waals surface area contributed by atoms with Crippen LogP contribution >= 0.6 is 24.0 Å². The summed E-state index contributed by atoms with van der Waals surface area (Å²) in [5.41, 5.74) is 2.27. The Morgan fingerprint density at radius 1 is 1.36 bits per heavy atom. The fraction of sp³-hybridized carbons (Fsp3) is 0.476. The second-order valence-electron chi connectivity index (χ2n) is 6.75. The molecule has 1 aliphatic heterocycles. The number of aliphatic imine (C=N–C) groups is 1. The van der Waals surface area contributed by atoms with Crippen molar-refractivity contribution < 1.29 is 9.53 Å². The van der Waals surface area contributed by atoms with Crippen LogP contribution in [-0.2, 0) is 16.0 Å². The molecule has 2 heterocycles. The highest BCUT2D eigenvalue weighted by Crippen LogP contribution is 2.18. The number of guanidine groups is 1. The normalized spacial score (nSPS) is 17.1. The van der Waals surface area contributed by atoms with Gasteiger partial charge in [-0.05, 0) is 37.8 Å². The Morgan fingerprint density at radius 3 is 2.96 bits per heavy atom. The van der Waals surface area contributed by atoms with Gasteiger partial charge in [0.15, 0.2) is 5.96 Å². The zero-order chi connectivity index (χ0) is 19.1. The number of nitrogens with one attached hydrogen (secondary N) is 1. The fourth-order valence-corrected chi connectivity index (χ4v) is 3.63. The van der Waals surface area contributed by atoms with Gasteiger partial charge in [0.1, 0.15) is 0 Å². The van der Waals surface area contributed by atoms with Crippen molar-refractivity contribution in [3.05, 3.63) is 42.1 Å². The van der Waals surface area contributed by atoms with Crippen LogP contribution in [0.1, 0.15) is 25.3 Å². The summed E-state index contributed by atoms with van der Waals surface area (Å²) in [7, 11) is 1.79. The van der Waals surface area contributed by atoms with Gasteiger partial charge in [0.2, 0.25) is 0 Å². The number of rotatable bonds is 5. The van der Waals surface area contributed by atoms with Crippen LogP contribution in [0.15, 0.2) is 41.5 Å². The number of benzene rings is 1. The minimum Gasteiger partial charge on any atom is -0.466 e. The molecule has 0 aliphatic carbocycles. The molecule has 28 heavy (non-hydrogen) atoms. The molecule has 152 valence electrons. The maximum Gasteiger partial charge on any atom is 0.310 e. The third kappa shape index (κ3) is 5.56. The van der Waals surface area contributed by atoms with Crippen molar-refractivity contribution in [1.82, 2.24) is 15.2 Å². The van der Waals surface area contributed by atoms with E-state index in [0.29, 0.717) is 13.2 Å². The molecule has 1 fully saturated rings. The molecule has 0 amide bonds. The summed E-state index contributed by atoms with van der Waals surface area (Å²) in [6.45, 7) is 4.62. The molecule has 0 bridgehead atoms. The van der Waals surface area contributed by atoms with Crippen molar-refractivity contribution in [3.63, 3.8) is 0 Å². The number of carbonyl (C=O) groups is 1. The largest absolute Gasteiger partial charge is 0.466 e. The second-order valence-corrected chi connectivity index (χ2v) is 6.75. The number of carbonyl (C=O) groups excluding carboxylic acids is 1. The van der Waals surface area contributed by atoms with Crippen LogP contribution in [0.25, 0.3) is 10.9 Å². The maximum atomic E-state index is 12.1. The summed E-state index contributed by atoms with van der Waals surface area (Å²) in [6, 6.07) is 10.3. The molecule has 1 aromatic heterocycles. The van der Waals surface area contributed by atoms with Gasteiger partial charge in [-0.15, -0.1) is 24.0 Å². The van der Waals surface area contributed by atoms with Crippen molar-refractivity contribution in [3.8, 4) is 0 Å². The highest BCUT2D eigenvalue weighted by Gasteiger charge is 2.28.